The Hall–Kier alpha value is -2.11. The van der Waals surface area contributed by atoms with Crippen LogP contribution in [0.2, 0.25) is 0 Å². The van der Waals surface area contributed by atoms with Gasteiger partial charge >= 0.3 is 13.9 Å². The van der Waals surface area contributed by atoms with Crippen LogP contribution >= 0.6 is 19.8 Å². The highest BCUT2D eigenvalue weighted by atomic mass is 32.2. The topological polar surface area (TPSA) is 144 Å². The summed E-state index contributed by atoms with van der Waals surface area (Å²) in [6.07, 6.45) is -1.22. The quantitative estimate of drug-likeness (QED) is 0.164. The molecule has 10 nitrogen and oxygen atoms in total. The molecule has 3 atom stereocenters. The molecule has 0 aromatic heterocycles. The average molecular weight is 554 g/mol. The number of amides is 1. The highest BCUT2D eigenvalue weighted by Gasteiger charge is 2.34. The van der Waals surface area contributed by atoms with Crippen LogP contribution in [0.25, 0.3) is 0 Å². The van der Waals surface area contributed by atoms with Crippen molar-refractivity contribution in [1.29, 1.82) is 0 Å². The number of nitrogens with zero attached hydrogens (tertiary/aromatic N) is 1. The molecule has 1 fully saturated rings. The number of benzene rings is 2. The van der Waals surface area contributed by atoms with Gasteiger partial charge in [0.1, 0.15) is 12.2 Å². The summed E-state index contributed by atoms with van der Waals surface area (Å²) in [4.78, 5) is 33.2. The van der Waals surface area contributed by atoms with Gasteiger partial charge in [-0.15, -0.1) is 0 Å². The number of carbonyl (C=O) groups excluding carboxylic acids is 1. The predicted molar refractivity (Wildman–Crippen MR) is 143 cm³/mol. The molecule has 204 valence electrons. The van der Waals surface area contributed by atoms with Gasteiger partial charge in [0.2, 0.25) is 0 Å². The zero-order valence-electron chi connectivity index (χ0n) is 21.1. The SMILES string of the molecule is CC(C)CN(CC(OP(=O)(O)O)C(Cc1ccccc1)NC(=O)OC1CCOC1)Sc1ccc(N)cc1. The van der Waals surface area contributed by atoms with E-state index < -0.39 is 26.1 Å². The minimum Gasteiger partial charge on any atom is -0.444 e. The Labute approximate surface area is 222 Å². The van der Waals surface area contributed by atoms with E-state index in [1.165, 1.54) is 11.9 Å². The lowest BCUT2D eigenvalue weighted by Crippen LogP contribution is -2.50. The molecule has 1 saturated heterocycles. The van der Waals surface area contributed by atoms with E-state index in [9.17, 15) is 19.1 Å². The summed E-state index contributed by atoms with van der Waals surface area (Å²) < 4.78 is 30.1. The van der Waals surface area contributed by atoms with Crippen LogP contribution < -0.4 is 11.1 Å². The average Bonchev–Trinajstić information content (AvgIpc) is 3.32. The number of nitrogens with two attached hydrogens (primary N) is 1. The molecule has 2 aromatic carbocycles. The highest BCUT2D eigenvalue weighted by molar-refractivity contribution is 7.97. The summed E-state index contributed by atoms with van der Waals surface area (Å²) in [6, 6.07) is 15.9. The van der Waals surface area contributed by atoms with Crippen molar-refractivity contribution in [2.24, 2.45) is 5.92 Å². The number of rotatable bonds is 13. The van der Waals surface area contributed by atoms with Gasteiger partial charge in [0, 0.05) is 30.1 Å². The van der Waals surface area contributed by atoms with E-state index in [1.54, 1.807) is 12.1 Å². The highest BCUT2D eigenvalue weighted by Crippen LogP contribution is 2.39. The smallest absolute Gasteiger partial charge is 0.444 e. The Morgan fingerprint density at radius 1 is 1.19 bits per heavy atom. The summed E-state index contributed by atoms with van der Waals surface area (Å²) in [5.41, 5.74) is 7.33. The largest absolute Gasteiger partial charge is 0.469 e. The van der Waals surface area contributed by atoms with Gasteiger partial charge in [-0.3, -0.25) is 4.52 Å². The first kappa shape index (κ1) is 29.4. The first-order chi connectivity index (χ1) is 17.6. The second kappa shape index (κ2) is 14.2. The second-order valence-corrected chi connectivity index (χ2v) is 11.7. The molecule has 37 heavy (non-hydrogen) atoms. The zero-order valence-corrected chi connectivity index (χ0v) is 22.8. The van der Waals surface area contributed by atoms with Crippen LogP contribution in [0.4, 0.5) is 10.5 Å². The Morgan fingerprint density at radius 2 is 1.89 bits per heavy atom. The summed E-state index contributed by atoms with van der Waals surface area (Å²) >= 11 is 1.43. The zero-order chi connectivity index (χ0) is 26.8. The van der Waals surface area contributed by atoms with Crippen LogP contribution in [-0.2, 0) is 25.0 Å². The Balaban J connectivity index is 1.85. The summed E-state index contributed by atoms with van der Waals surface area (Å²) in [7, 11) is -4.90. The number of anilines is 1. The fraction of sp³-hybridized carbons (Fsp3) is 0.480. The van der Waals surface area contributed by atoms with E-state index in [1.807, 2.05) is 46.8 Å². The fourth-order valence-corrected chi connectivity index (χ4v) is 5.65. The molecule has 2 aromatic rings. The maximum atomic E-state index is 12.8. The molecule has 3 rings (SSSR count). The Kier molecular flexibility index (Phi) is 11.3. The molecule has 1 aliphatic heterocycles. The van der Waals surface area contributed by atoms with Crippen molar-refractivity contribution in [3.05, 3.63) is 60.2 Å². The number of hydrogen-bond donors (Lipinski definition) is 4. The molecule has 0 bridgehead atoms. The van der Waals surface area contributed by atoms with Gasteiger partial charge in [-0.05, 0) is 54.1 Å². The minimum atomic E-state index is -4.90. The van der Waals surface area contributed by atoms with E-state index in [0.717, 1.165) is 10.5 Å². The lowest BCUT2D eigenvalue weighted by Gasteiger charge is -2.33. The van der Waals surface area contributed by atoms with Gasteiger partial charge in [0.15, 0.2) is 0 Å². The number of phosphoric ester groups is 1. The number of nitrogens with one attached hydrogen (secondary N) is 1. The molecule has 0 aliphatic carbocycles. The number of phosphoric acid groups is 1. The second-order valence-electron chi connectivity index (χ2n) is 9.37. The maximum Gasteiger partial charge on any atom is 0.469 e. The van der Waals surface area contributed by atoms with E-state index >= 15 is 0 Å². The number of hydrogen-bond acceptors (Lipinski definition) is 8. The van der Waals surface area contributed by atoms with Gasteiger partial charge in [-0.2, -0.15) is 0 Å². The van der Waals surface area contributed by atoms with Gasteiger partial charge in [0.05, 0.1) is 19.3 Å². The molecular formula is C25H36N3O7PS. The number of nitrogen functional groups attached to an aromatic ring is 1. The van der Waals surface area contributed by atoms with Gasteiger partial charge in [-0.1, -0.05) is 44.2 Å². The van der Waals surface area contributed by atoms with Crippen LogP contribution in [-0.4, -0.2) is 64.7 Å². The number of alkyl carbamates (subject to hydrolysis) is 1. The number of carbonyl (C=O) groups is 1. The van der Waals surface area contributed by atoms with E-state index in [0.29, 0.717) is 31.9 Å². The molecule has 0 radical (unpaired) electrons. The third-order valence-corrected chi connectivity index (χ3v) is 7.14. The molecule has 5 N–H and O–H groups in total. The van der Waals surface area contributed by atoms with Crippen LogP contribution in [0.5, 0.6) is 0 Å². The fourth-order valence-electron chi connectivity index (χ4n) is 3.93. The van der Waals surface area contributed by atoms with Crippen LogP contribution in [0.1, 0.15) is 25.8 Å². The Bertz CT molecular complexity index is 1020. The van der Waals surface area contributed by atoms with Crippen molar-refractivity contribution in [3.8, 4) is 0 Å². The minimum absolute atomic E-state index is 0.128. The lowest BCUT2D eigenvalue weighted by molar-refractivity contribution is 0.0610. The third-order valence-electron chi connectivity index (χ3n) is 5.55. The van der Waals surface area contributed by atoms with Gasteiger partial charge < -0.3 is 30.3 Å². The van der Waals surface area contributed by atoms with E-state index in [4.69, 9.17) is 19.7 Å². The van der Waals surface area contributed by atoms with Crippen LogP contribution in [0.15, 0.2) is 59.5 Å². The Morgan fingerprint density at radius 3 is 2.49 bits per heavy atom. The van der Waals surface area contributed by atoms with Crippen molar-refractivity contribution in [3.63, 3.8) is 0 Å². The molecular weight excluding hydrogens is 517 g/mol. The van der Waals surface area contributed by atoms with Crippen molar-refractivity contribution in [2.75, 3.05) is 32.0 Å². The molecule has 1 amide bonds. The normalized spacial score (nSPS) is 17.6. The molecule has 0 saturated carbocycles. The monoisotopic (exact) mass is 553 g/mol. The summed E-state index contributed by atoms with van der Waals surface area (Å²) in [5, 5.41) is 2.81. The van der Waals surface area contributed by atoms with Crippen LogP contribution in [0.3, 0.4) is 0 Å². The van der Waals surface area contributed by atoms with Crippen molar-refractivity contribution >= 4 is 31.6 Å². The maximum absolute atomic E-state index is 12.8. The molecule has 12 heteroatoms. The summed E-state index contributed by atoms with van der Waals surface area (Å²) in [5.74, 6) is 0.254. The van der Waals surface area contributed by atoms with E-state index in [2.05, 4.69) is 19.2 Å². The first-order valence-electron chi connectivity index (χ1n) is 12.2. The van der Waals surface area contributed by atoms with Crippen LogP contribution in [0, 0.1) is 5.92 Å². The van der Waals surface area contributed by atoms with Crippen molar-refractivity contribution in [2.45, 2.75) is 49.8 Å². The predicted octanol–water partition coefficient (Wildman–Crippen LogP) is 3.84. The first-order valence-corrected chi connectivity index (χ1v) is 14.5. The van der Waals surface area contributed by atoms with Crippen molar-refractivity contribution < 1.29 is 33.1 Å². The molecule has 0 spiro atoms. The summed E-state index contributed by atoms with van der Waals surface area (Å²) in [6.45, 7) is 5.67. The van der Waals surface area contributed by atoms with E-state index in [-0.39, 0.29) is 25.0 Å². The van der Waals surface area contributed by atoms with Crippen molar-refractivity contribution in [1.82, 2.24) is 9.62 Å². The third kappa shape index (κ3) is 11.0. The molecule has 1 aliphatic rings. The van der Waals surface area contributed by atoms with Gasteiger partial charge in [0.25, 0.3) is 0 Å². The number of ether oxygens (including phenoxy) is 2. The lowest BCUT2D eigenvalue weighted by atomic mass is 10.0. The van der Waals surface area contributed by atoms with Gasteiger partial charge in [-0.25, -0.2) is 13.7 Å². The molecule has 1 heterocycles. The molecule has 3 unspecified atom stereocenters. The standard InChI is InChI=1S/C25H36N3O7PS/c1-18(2)15-28(37-22-10-8-20(26)9-11-22)16-24(35-36(30,31)32)23(14-19-6-4-3-5-7-19)27-25(29)34-21-12-13-33-17-21/h3-11,18,21,23-24H,12-17,26H2,1-2H3,(H,27,29)(H2,30,31,32).